The van der Waals surface area contributed by atoms with Crippen molar-refractivity contribution in [2.75, 3.05) is 13.2 Å². The summed E-state index contributed by atoms with van der Waals surface area (Å²) in [6.07, 6.45) is 6.92. The Morgan fingerprint density at radius 1 is 1.45 bits per heavy atom. The largest absolute Gasteiger partial charge is 0.465 e. The average Bonchev–Trinajstić information content (AvgIpc) is 2.62. The lowest BCUT2D eigenvalue weighted by Gasteiger charge is -2.66. The summed E-state index contributed by atoms with van der Waals surface area (Å²) in [6.45, 7) is 6.90. The van der Waals surface area contributed by atoms with Gasteiger partial charge in [0.1, 0.15) is 0 Å². The fourth-order valence-corrected chi connectivity index (χ4v) is 5.51. The van der Waals surface area contributed by atoms with E-state index in [-0.39, 0.29) is 18.0 Å². The number of rotatable bonds is 3. The number of aliphatic hydroxyl groups is 1. The molecule has 3 heteroatoms. The second kappa shape index (κ2) is 4.59. The van der Waals surface area contributed by atoms with E-state index < -0.39 is 0 Å². The molecule has 0 aromatic carbocycles. The van der Waals surface area contributed by atoms with Gasteiger partial charge in [-0.05, 0) is 48.0 Å². The first kappa shape index (κ1) is 14.1. The van der Waals surface area contributed by atoms with Crippen molar-refractivity contribution < 1.29 is 14.6 Å². The highest BCUT2D eigenvalue weighted by Gasteiger charge is 2.66. The predicted octanol–water partition coefficient (Wildman–Crippen LogP) is 2.93. The van der Waals surface area contributed by atoms with Crippen LogP contribution in [0.2, 0.25) is 0 Å². The van der Waals surface area contributed by atoms with E-state index in [0.717, 1.165) is 12.8 Å². The van der Waals surface area contributed by atoms with E-state index in [0.29, 0.717) is 29.8 Å². The molecule has 0 saturated heterocycles. The minimum absolute atomic E-state index is 0.0751. The zero-order valence-electron chi connectivity index (χ0n) is 12.8. The molecule has 20 heavy (non-hydrogen) atoms. The molecule has 0 aromatic heterocycles. The molecule has 5 atom stereocenters. The minimum Gasteiger partial charge on any atom is -0.465 e. The van der Waals surface area contributed by atoms with E-state index in [1.54, 1.807) is 0 Å². The summed E-state index contributed by atoms with van der Waals surface area (Å²) in [5.41, 5.74) is 1.67. The van der Waals surface area contributed by atoms with E-state index in [1.807, 2.05) is 0 Å². The Morgan fingerprint density at radius 3 is 2.85 bits per heavy atom. The van der Waals surface area contributed by atoms with E-state index in [1.165, 1.54) is 25.3 Å². The van der Waals surface area contributed by atoms with Crippen LogP contribution in [-0.4, -0.2) is 24.3 Å². The van der Waals surface area contributed by atoms with E-state index in [2.05, 4.69) is 19.9 Å². The molecule has 0 amide bonds. The average molecular weight is 278 g/mol. The molecule has 0 radical (unpaired) electrons. The summed E-state index contributed by atoms with van der Waals surface area (Å²) in [7, 11) is 0. The molecular weight excluding hydrogens is 252 g/mol. The first-order valence-electron chi connectivity index (χ1n) is 7.85. The van der Waals surface area contributed by atoms with Gasteiger partial charge in [0, 0.05) is 12.3 Å². The molecule has 0 spiro atoms. The maximum atomic E-state index is 11.2. The molecule has 0 heterocycles. The van der Waals surface area contributed by atoms with Crippen molar-refractivity contribution in [1.82, 2.24) is 0 Å². The van der Waals surface area contributed by atoms with Crippen LogP contribution in [0.25, 0.3) is 0 Å². The highest BCUT2D eigenvalue weighted by molar-refractivity contribution is 5.65. The van der Waals surface area contributed by atoms with Gasteiger partial charge in [-0.1, -0.05) is 26.3 Å². The number of hydrogen-bond donors (Lipinski definition) is 1. The Balaban J connectivity index is 1.90. The van der Waals surface area contributed by atoms with Crippen LogP contribution in [0.5, 0.6) is 0 Å². The Morgan fingerprint density at radius 2 is 2.20 bits per heavy atom. The zero-order chi connectivity index (χ0) is 14.5. The standard InChI is InChI=1S/C17H26O3/c1-11(19)20-10-16(2)7-4-8-17(3)13-6-5-12(9-18)14(17)15(13)16/h5,13-15,18H,4,6-10H2,1-3H3/t13-,14+,15-,16-,17+/m0/s1. The smallest absolute Gasteiger partial charge is 0.302 e. The van der Waals surface area contributed by atoms with Crippen LogP contribution < -0.4 is 0 Å². The van der Waals surface area contributed by atoms with Crippen molar-refractivity contribution in [2.24, 2.45) is 28.6 Å². The molecule has 1 N–H and O–H groups in total. The van der Waals surface area contributed by atoms with Crippen molar-refractivity contribution in [1.29, 1.82) is 0 Å². The molecule has 3 rings (SSSR count). The number of esters is 1. The number of ether oxygens (including phenoxy) is 1. The van der Waals surface area contributed by atoms with Crippen molar-refractivity contribution >= 4 is 5.97 Å². The van der Waals surface area contributed by atoms with Crippen LogP contribution in [0, 0.1) is 28.6 Å². The summed E-state index contributed by atoms with van der Waals surface area (Å²) in [6, 6.07) is 0. The number of hydrogen-bond acceptors (Lipinski definition) is 3. The zero-order valence-corrected chi connectivity index (χ0v) is 12.8. The molecule has 3 aliphatic carbocycles. The van der Waals surface area contributed by atoms with Gasteiger partial charge in [-0.3, -0.25) is 4.79 Å². The molecule has 2 saturated carbocycles. The fourth-order valence-electron chi connectivity index (χ4n) is 5.51. The molecule has 0 unspecified atom stereocenters. The van der Waals surface area contributed by atoms with Gasteiger partial charge in [0.05, 0.1) is 13.2 Å². The highest BCUT2D eigenvalue weighted by Crippen LogP contribution is 2.72. The number of aliphatic hydroxyl groups excluding tert-OH is 1. The van der Waals surface area contributed by atoms with Gasteiger partial charge in [-0.2, -0.15) is 0 Å². The quantitative estimate of drug-likeness (QED) is 0.638. The molecule has 3 nitrogen and oxygen atoms in total. The Labute approximate surface area is 121 Å². The van der Waals surface area contributed by atoms with Crippen molar-refractivity contribution in [3.05, 3.63) is 11.6 Å². The maximum absolute atomic E-state index is 11.2. The maximum Gasteiger partial charge on any atom is 0.302 e. The number of carbonyl (C=O) groups excluding carboxylic acids is 1. The summed E-state index contributed by atoms with van der Waals surface area (Å²) < 4.78 is 5.38. The third-order valence-electron chi connectivity index (χ3n) is 6.44. The Kier molecular flexibility index (Phi) is 3.24. The van der Waals surface area contributed by atoms with Gasteiger partial charge in [0.15, 0.2) is 0 Å². The first-order valence-corrected chi connectivity index (χ1v) is 7.85. The molecule has 0 aliphatic heterocycles. The van der Waals surface area contributed by atoms with Gasteiger partial charge >= 0.3 is 5.97 Å². The molecular formula is C17H26O3. The van der Waals surface area contributed by atoms with Gasteiger partial charge < -0.3 is 9.84 Å². The number of carbonyl (C=O) groups is 1. The summed E-state index contributed by atoms with van der Waals surface area (Å²) >= 11 is 0. The van der Waals surface area contributed by atoms with Crippen LogP contribution in [0.15, 0.2) is 11.6 Å². The predicted molar refractivity (Wildman–Crippen MR) is 77.0 cm³/mol. The van der Waals surface area contributed by atoms with Crippen molar-refractivity contribution in [3.8, 4) is 0 Å². The van der Waals surface area contributed by atoms with Crippen LogP contribution in [0.4, 0.5) is 0 Å². The minimum atomic E-state index is -0.180. The summed E-state index contributed by atoms with van der Waals surface area (Å²) in [5, 5.41) is 9.68. The first-order chi connectivity index (χ1) is 9.42. The molecule has 2 fully saturated rings. The topological polar surface area (TPSA) is 46.5 Å². The molecule has 0 aromatic rings. The lowest BCUT2D eigenvalue weighted by molar-refractivity contribution is -0.170. The Hall–Kier alpha value is -0.830. The van der Waals surface area contributed by atoms with Gasteiger partial charge in [0.2, 0.25) is 0 Å². The highest BCUT2D eigenvalue weighted by atomic mass is 16.5. The third kappa shape index (κ3) is 1.78. The lowest BCUT2D eigenvalue weighted by atomic mass is 9.38. The summed E-state index contributed by atoms with van der Waals surface area (Å²) in [4.78, 5) is 11.2. The molecule has 112 valence electrons. The van der Waals surface area contributed by atoms with Gasteiger partial charge in [0.25, 0.3) is 0 Å². The van der Waals surface area contributed by atoms with E-state index in [9.17, 15) is 9.90 Å². The van der Waals surface area contributed by atoms with Crippen LogP contribution >= 0.6 is 0 Å². The van der Waals surface area contributed by atoms with Crippen molar-refractivity contribution in [3.63, 3.8) is 0 Å². The number of allylic oxidation sites excluding steroid dienone is 1. The van der Waals surface area contributed by atoms with E-state index >= 15 is 0 Å². The fraction of sp³-hybridized carbons (Fsp3) is 0.824. The Bertz CT molecular complexity index is 455. The van der Waals surface area contributed by atoms with E-state index in [4.69, 9.17) is 4.74 Å². The van der Waals surface area contributed by atoms with Crippen molar-refractivity contribution in [2.45, 2.75) is 46.5 Å². The summed E-state index contributed by atoms with van der Waals surface area (Å²) in [5.74, 6) is 1.59. The van der Waals surface area contributed by atoms with Crippen LogP contribution in [0.3, 0.4) is 0 Å². The van der Waals surface area contributed by atoms with Crippen LogP contribution in [-0.2, 0) is 9.53 Å². The lowest BCUT2D eigenvalue weighted by Crippen LogP contribution is -2.62. The SMILES string of the molecule is CC(=O)OC[C@]1(C)CCC[C@@]2(C)[C@@H]3C(CO)=CC[C@H]2[C@@H]31. The van der Waals surface area contributed by atoms with Gasteiger partial charge in [-0.15, -0.1) is 0 Å². The number of fused-ring (bicyclic) bond motifs is 1. The third-order valence-corrected chi connectivity index (χ3v) is 6.44. The second-order valence-electron chi connectivity index (χ2n) is 7.58. The normalized spacial score (nSPS) is 46.0. The molecule has 4 bridgehead atoms. The van der Waals surface area contributed by atoms with Crippen LogP contribution in [0.1, 0.15) is 46.5 Å². The van der Waals surface area contributed by atoms with Gasteiger partial charge in [-0.25, -0.2) is 0 Å². The second-order valence-corrected chi connectivity index (χ2v) is 7.58. The molecule has 3 aliphatic rings. The monoisotopic (exact) mass is 278 g/mol.